The van der Waals surface area contributed by atoms with Crippen molar-refractivity contribution in [2.45, 2.75) is 19.4 Å². The van der Waals surface area contributed by atoms with Gasteiger partial charge in [-0.15, -0.1) is 0 Å². The fourth-order valence-electron chi connectivity index (χ4n) is 2.20. The maximum absolute atomic E-state index is 12.1. The SMILES string of the molecule is COc1cc(C#N)ccc1O[C@@H](C)C(=O)NCCc1ccccc1. The molecule has 0 aliphatic rings. The third-order valence-electron chi connectivity index (χ3n) is 3.52. The molecular weight excluding hydrogens is 304 g/mol. The van der Waals surface area contributed by atoms with E-state index in [0.29, 0.717) is 23.6 Å². The first-order valence-electron chi connectivity index (χ1n) is 7.70. The van der Waals surface area contributed by atoms with Crippen LogP contribution in [0.5, 0.6) is 11.5 Å². The van der Waals surface area contributed by atoms with Gasteiger partial charge in [0.2, 0.25) is 0 Å². The highest BCUT2D eigenvalue weighted by molar-refractivity contribution is 5.80. The first kappa shape index (κ1) is 17.4. The second-order valence-corrected chi connectivity index (χ2v) is 5.26. The maximum atomic E-state index is 12.1. The molecule has 24 heavy (non-hydrogen) atoms. The number of carbonyl (C=O) groups is 1. The van der Waals surface area contributed by atoms with Gasteiger partial charge >= 0.3 is 0 Å². The zero-order valence-corrected chi connectivity index (χ0v) is 13.8. The van der Waals surface area contributed by atoms with E-state index in [1.807, 2.05) is 36.4 Å². The fourth-order valence-corrected chi connectivity index (χ4v) is 2.20. The van der Waals surface area contributed by atoms with Crippen molar-refractivity contribution in [1.29, 1.82) is 5.26 Å². The van der Waals surface area contributed by atoms with E-state index in [0.717, 1.165) is 6.42 Å². The van der Waals surface area contributed by atoms with E-state index in [-0.39, 0.29) is 5.91 Å². The largest absolute Gasteiger partial charge is 0.493 e. The predicted octanol–water partition coefficient (Wildman–Crippen LogP) is 2.69. The summed E-state index contributed by atoms with van der Waals surface area (Å²) in [5, 5.41) is 11.8. The standard InChI is InChI=1S/C19H20N2O3/c1-14(19(22)21-11-10-15-6-4-3-5-7-15)24-17-9-8-16(13-20)12-18(17)23-2/h3-9,12,14H,10-11H2,1-2H3,(H,21,22)/t14-/m0/s1. The molecule has 2 aromatic rings. The minimum Gasteiger partial charge on any atom is -0.493 e. The summed E-state index contributed by atoms with van der Waals surface area (Å²) in [5.74, 6) is 0.664. The van der Waals surface area contributed by atoms with Crippen LogP contribution >= 0.6 is 0 Å². The van der Waals surface area contributed by atoms with Crippen LogP contribution in [0.25, 0.3) is 0 Å². The summed E-state index contributed by atoms with van der Waals surface area (Å²) in [7, 11) is 1.49. The molecule has 0 radical (unpaired) electrons. The van der Waals surface area contributed by atoms with Crippen LogP contribution in [0.15, 0.2) is 48.5 Å². The van der Waals surface area contributed by atoms with E-state index < -0.39 is 6.10 Å². The predicted molar refractivity (Wildman–Crippen MR) is 91.0 cm³/mol. The molecule has 0 saturated heterocycles. The molecule has 2 aromatic carbocycles. The van der Waals surface area contributed by atoms with Gasteiger partial charge in [0, 0.05) is 12.6 Å². The van der Waals surface area contributed by atoms with Gasteiger partial charge in [-0.2, -0.15) is 5.26 Å². The number of nitrogens with zero attached hydrogens (tertiary/aromatic N) is 1. The van der Waals surface area contributed by atoms with Gasteiger partial charge in [0.15, 0.2) is 17.6 Å². The highest BCUT2D eigenvalue weighted by atomic mass is 16.5. The first-order valence-corrected chi connectivity index (χ1v) is 7.70. The molecule has 0 fully saturated rings. The maximum Gasteiger partial charge on any atom is 0.260 e. The van der Waals surface area contributed by atoms with Crippen molar-refractivity contribution in [2.24, 2.45) is 0 Å². The molecule has 0 aromatic heterocycles. The second kappa shape index (κ2) is 8.59. The molecule has 124 valence electrons. The molecule has 1 atom stereocenters. The Morgan fingerprint density at radius 2 is 1.96 bits per heavy atom. The van der Waals surface area contributed by atoms with E-state index in [1.165, 1.54) is 12.7 Å². The number of carbonyl (C=O) groups excluding carboxylic acids is 1. The van der Waals surface area contributed by atoms with E-state index in [1.54, 1.807) is 25.1 Å². The monoisotopic (exact) mass is 324 g/mol. The average molecular weight is 324 g/mol. The van der Waals surface area contributed by atoms with E-state index in [2.05, 4.69) is 5.32 Å². The van der Waals surface area contributed by atoms with Gasteiger partial charge in [-0.3, -0.25) is 4.79 Å². The van der Waals surface area contributed by atoms with Crippen molar-refractivity contribution < 1.29 is 14.3 Å². The zero-order valence-electron chi connectivity index (χ0n) is 13.8. The number of amides is 1. The van der Waals surface area contributed by atoms with Crippen LogP contribution in [0, 0.1) is 11.3 Å². The lowest BCUT2D eigenvalue weighted by molar-refractivity contribution is -0.127. The summed E-state index contributed by atoms with van der Waals surface area (Å²) < 4.78 is 10.9. The number of rotatable bonds is 7. The lowest BCUT2D eigenvalue weighted by Gasteiger charge is -2.16. The number of methoxy groups -OCH3 is 1. The first-order chi connectivity index (χ1) is 11.6. The Labute approximate surface area is 141 Å². The number of nitriles is 1. The topological polar surface area (TPSA) is 71.3 Å². The molecule has 0 unspecified atom stereocenters. The van der Waals surface area contributed by atoms with Gasteiger partial charge in [-0.25, -0.2) is 0 Å². The van der Waals surface area contributed by atoms with Crippen LogP contribution in [-0.4, -0.2) is 25.7 Å². The second-order valence-electron chi connectivity index (χ2n) is 5.26. The molecule has 1 N–H and O–H groups in total. The van der Waals surface area contributed by atoms with Crippen LogP contribution in [0.3, 0.4) is 0 Å². The molecule has 0 bridgehead atoms. The summed E-state index contributed by atoms with van der Waals surface area (Å²) in [4.78, 5) is 12.1. The summed E-state index contributed by atoms with van der Waals surface area (Å²) in [6.07, 6.45) is 0.0991. The molecule has 2 rings (SSSR count). The minimum atomic E-state index is -0.664. The molecule has 0 heterocycles. The summed E-state index contributed by atoms with van der Waals surface area (Å²) in [6.45, 7) is 2.22. The molecular formula is C19H20N2O3. The number of ether oxygens (including phenoxy) is 2. The Hall–Kier alpha value is -3.00. The van der Waals surface area contributed by atoms with Gasteiger partial charge in [0.25, 0.3) is 5.91 Å². The van der Waals surface area contributed by atoms with Crippen LogP contribution in [0.1, 0.15) is 18.1 Å². The Morgan fingerprint density at radius 3 is 2.62 bits per heavy atom. The van der Waals surface area contributed by atoms with Crippen LogP contribution in [0.2, 0.25) is 0 Å². The minimum absolute atomic E-state index is 0.197. The highest BCUT2D eigenvalue weighted by Crippen LogP contribution is 2.28. The molecule has 5 nitrogen and oxygen atoms in total. The van der Waals surface area contributed by atoms with Gasteiger partial charge < -0.3 is 14.8 Å². The molecule has 0 spiro atoms. The van der Waals surface area contributed by atoms with Gasteiger partial charge in [-0.1, -0.05) is 30.3 Å². The lowest BCUT2D eigenvalue weighted by Crippen LogP contribution is -2.37. The smallest absolute Gasteiger partial charge is 0.260 e. The molecule has 0 aliphatic carbocycles. The molecule has 0 saturated carbocycles. The van der Waals surface area contributed by atoms with E-state index in [9.17, 15) is 4.79 Å². The summed E-state index contributed by atoms with van der Waals surface area (Å²) >= 11 is 0. The van der Waals surface area contributed by atoms with E-state index in [4.69, 9.17) is 14.7 Å². The number of hydrogen-bond donors (Lipinski definition) is 1. The molecule has 0 aliphatic heterocycles. The Bertz CT molecular complexity index is 723. The van der Waals surface area contributed by atoms with Crippen LogP contribution in [-0.2, 0) is 11.2 Å². The van der Waals surface area contributed by atoms with E-state index >= 15 is 0 Å². The van der Waals surface area contributed by atoms with Crippen molar-refractivity contribution >= 4 is 5.91 Å². The zero-order chi connectivity index (χ0) is 17.4. The Morgan fingerprint density at radius 1 is 1.21 bits per heavy atom. The number of benzene rings is 2. The summed E-state index contributed by atoms with van der Waals surface area (Å²) in [6, 6.07) is 16.8. The summed E-state index contributed by atoms with van der Waals surface area (Å²) in [5.41, 5.74) is 1.64. The lowest BCUT2D eigenvalue weighted by atomic mass is 10.1. The van der Waals surface area contributed by atoms with Crippen molar-refractivity contribution in [3.05, 3.63) is 59.7 Å². The third-order valence-corrected chi connectivity index (χ3v) is 3.52. The average Bonchev–Trinajstić information content (AvgIpc) is 2.62. The normalized spacial score (nSPS) is 11.2. The Kier molecular flexibility index (Phi) is 6.21. The van der Waals surface area contributed by atoms with Crippen LogP contribution in [0.4, 0.5) is 0 Å². The van der Waals surface area contributed by atoms with Crippen molar-refractivity contribution in [1.82, 2.24) is 5.32 Å². The molecule has 1 amide bonds. The third kappa shape index (κ3) is 4.75. The molecule has 5 heteroatoms. The van der Waals surface area contributed by atoms with Gasteiger partial charge in [0.1, 0.15) is 0 Å². The van der Waals surface area contributed by atoms with Crippen LogP contribution < -0.4 is 14.8 Å². The fraction of sp³-hybridized carbons (Fsp3) is 0.263. The van der Waals surface area contributed by atoms with Gasteiger partial charge in [-0.05, 0) is 31.0 Å². The number of nitrogens with one attached hydrogen (secondary N) is 1. The Balaban J connectivity index is 1.88. The van der Waals surface area contributed by atoms with Crippen molar-refractivity contribution in [2.75, 3.05) is 13.7 Å². The highest BCUT2D eigenvalue weighted by Gasteiger charge is 2.16. The number of hydrogen-bond acceptors (Lipinski definition) is 4. The van der Waals surface area contributed by atoms with Gasteiger partial charge in [0.05, 0.1) is 18.7 Å². The van der Waals surface area contributed by atoms with Crippen molar-refractivity contribution in [3.63, 3.8) is 0 Å². The van der Waals surface area contributed by atoms with Crippen molar-refractivity contribution in [3.8, 4) is 17.6 Å². The quantitative estimate of drug-likeness (QED) is 0.850.